The van der Waals surface area contributed by atoms with E-state index >= 15 is 0 Å². The molecule has 3 N–H and O–H groups in total. The first-order valence-electron chi connectivity index (χ1n) is 7.20. The molecule has 0 saturated heterocycles. The quantitative estimate of drug-likeness (QED) is 0.751. The van der Waals surface area contributed by atoms with Crippen LogP contribution in [0.15, 0.2) is 41.9 Å². The zero-order chi connectivity index (χ0) is 16.2. The van der Waals surface area contributed by atoms with Crippen LogP contribution in [0.1, 0.15) is 15.4 Å². The Morgan fingerprint density at radius 2 is 2.13 bits per heavy atom. The van der Waals surface area contributed by atoms with E-state index in [9.17, 15) is 4.79 Å². The van der Waals surface area contributed by atoms with Gasteiger partial charge in [0.25, 0.3) is 5.91 Å². The van der Waals surface area contributed by atoms with Crippen LogP contribution < -0.4 is 11.1 Å². The summed E-state index contributed by atoms with van der Waals surface area (Å²) in [6.45, 7) is 0.509. The van der Waals surface area contributed by atoms with Crippen LogP contribution in [0.5, 0.6) is 0 Å². The Bertz CT molecular complexity index is 809. The zero-order valence-electron chi connectivity index (χ0n) is 12.7. The average Bonchev–Trinajstić information content (AvgIpc) is 3.16. The Labute approximate surface area is 138 Å². The van der Waals surface area contributed by atoms with Crippen molar-refractivity contribution in [3.63, 3.8) is 0 Å². The summed E-state index contributed by atoms with van der Waals surface area (Å²) in [6.07, 6.45) is 2.16. The third-order valence-electron chi connectivity index (χ3n) is 3.47. The van der Waals surface area contributed by atoms with Crippen LogP contribution in [-0.4, -0.2) is 27.2 Å². The highest BCUT2D eigenvalue weighted by molar-refractivity contribution is 7.09. The molecule has 0 aliphatic heterocycles. The number of nitrogens with zero attached hydrogens (tertiary/aromatic N) is 3. The smallest absolute Gasteiger partial charge is 0.256 e. The molecule has 0 spiro atoms. The molecule has 2 aromatic heterocycles. The summed E-state index contributed by atoms with van der Waals surface area (Å²) in [5.74, 6) is 0.151. The number of thiazole rings is 1. The van der Waals surface area contributed by atoms with E-state index in [1.165, 1.54) is 10.9 Å². The van der Waals surface area contributed by atoms with Gasteiger partial charge in [0.15, 0.2) is 0 Å². The minimum atomic E-state index is -0.213. The Balaban J connectivity index is 1.56. The van der Waals surface area contributed by atoms with E-state index in [4.69, 9.17) is 5.73 Å². The molecule has 0 bridgehead atoms. The molecule has 3 aromatic rings. The van der Waals surface area contributed by atoms with E-state index < -0.39 is 0 Å². The predicted molar refractivity (Wildman–Crippen MR) is 91.2 cm³/mol. The second-order valence-corrected chi connectivity index (χ2v) is 6.01. The molecule has 7 heteroatoms. The molecule has 0 fully saturated rings. The highest BCUT2D eigenvalue weighted by Gasteiger charge is 2.13. The van der Waals surface area contributed by atoms with Crippen molar-refractivity contribution in [2.24, 2.45) is 7.05 Å². The molecule has 1 amide bonds. The van der Waals surface area contributed by atoms with Crippen LogP contribution in [0.2, 0.25) is 0 Å². The third kappa shape index (κ3) is 3.40. The molecule has 0 atom stereocenters. The number of benzene rings is 1. The van der Waals surface area contributed by atoms with Crippen LogP contribution in [0.25, 0.3) is 11.3 Å². The van der Waals surface area contributed by atoms with Gasteiger partial charge < -0.3 is 11.1 Å². The van der Waals surface area contributed by atoms with Gasteiger partial charge in [0, 0.05) is 31.0 Å². The molecular formula is C16H17N5OS. The first kappa shape index (κ1) is 15.2. The maximum atomic E-state index is 12.0. The van der Waals surface area contributed by atoms with Gasteiger partial charge in [-0.2, -0.15) is 5.10 Å². The largest absolute Gasteiger partial charge is 0.383 e. The van der Waals surface area contributed by atoms with E-state index in [1.54, 1.807) is 18.4 Å². The van der Waals surface area contributed by atoms with Crippen LogP contribution in [0, 0.1) is 0 Å². The van der Waals surface area contributed by atoms with Crippen molar-refractivity contribution in [3.05, 3.63) is 52.5 Å². The van der Waals surface area contributed by atoms with Crippen LogP contribution in [-0.2, 0) is 13.5 Å². The fourth-order valence-electron chi connectivity index (χ4n) is 2.17. The lowest BCUT2D eigenvalue weighted by Gasteiger charge is -2.03. The lowest BCUT2D eigenvalue weighted by atomic mass is 10.2. The standard InChI is InChI=1S/C16H17N5OS/c1-21-15(17)12(9-19-21)16(22)18-8-7-14-20-13(10-23-14)11-5-3-2-4-6-11/h2-6,9-10H,7-8,17H2,1H3,(H,18,22). The topological polar surface area (TPSA) is 85.8 Å². The fraction of sp³-hybridized carbons (Fsp3) is 0.188. The van der Waals surface area contributed by atoms with Crippen LogP contribution in [0.4, 0.5) is 5.82 Å². The second kappa shape index (κ2) is 6.62. The number of aromatic nitrogens is 3. The number of anilines is 1. The normalized spacial score (nSPS) is 10.7. The summed E-state index contributed by atoms with van der Waals surface area (Å²) < 4.78 is 1.47. The van der Waals surface area contributed by atoms with E-state index in [0.29, 0.717) is 24.3 Å². The lowest BCUT2D eigenvalue weighted by Crippen LogP contribution is -2.26. The van der Waals surface area contributed by atoms with Gasteiger partial charge in [-0.15, -0.1) is 11.3 Å². The van der Waals surface area contributed by atoms with Crippen molar-refractivity contribution >= 4 is 23.1 Å². The monoisotopic (exact) mass is 327 g/mol. The molecule has 0 radical (unpaired) electrons. The molecule has 3 rings (SSSR count). The SMILES string of the molecule is Cn1ncc(C(=O)NCCc2nc(-c3ccccc3)cs2)c1N. The number of amides is 1. The van der Waals surface area contributed by atoms with Gasteiger partial charge in [0.05, 0.1) is 16.9 Å². The first-order valence-corrected chi connectivity index (χ1v) is 8.08. The van der Waals surface area contributed by atoms with Crippen molar-refractivity contribution in [3.8, 4) is 11.3 Å². The van der Waals surface area contributed by atoms with Crippen LogP contribution >= 0.6 is 11.3 Å². The number of carbonyl (C=O) groups is 1. The Morgan fingerprint density at radius 3 is 2.83 bits per heavy atom. The van der Waals surface area contributed by atoms with Crippen LogP contribution in [0.3, 0.4) is 0 Å². The Hall–Kier alpha value is -2.67. The van der Waals surface area contributed by atoms with E-state index in [2.05, 4.69) is 15.4 Å². The van der Waals surface area contributed by atoms with Crippen molar-refractivity contribution in [1.29, 1.82) is 0 Å². The van der Waals surface area contributed by atoms with Crippen molar-refractivity contribution in [2.75, 3.05) is 12.3 Å². The molecule has 0 aliphatic rings. The predicted octanol–water partition coefficient (Wildman–Crippen LogP) is 2.10. The van der Waals surface area contributed by atoms with Crippen molar-refractivity contribution in [2.45, 2.75) is 6.42 Å². The van der Waals surface area contributed by atoms with Gasteiger partial charge >= 0.3 is 0 Å². The summed E-state index contributed by atoms with van der Waals surface area (Å²) in [6, 6.07) is 10.0. The third-order valence-corrected chi connectivity index (χ3v) is 4.38. The first-order chi connectivity index (χ1) is 11.1. The molecule has 2 heterocycles. The van der Waals surface area contributed by atoms with Gasteiger partial charge in [0.1, 0.15) is 11.4 Å². The molecule has 0 unspecified atom stereocenters. The average molecular weight is 327 g/mol. The van der Waals surface area contributed by atoms with Gasteiger partial charge in [-0.1, -0.05) is 30.3 Å². The lowest BCUT2D eigenvalue weighted by molar-refractivity contribution is 0.0955. The van der Waals surface area contributed by atoms with E-state index in [-0.39, 0.29) is 5.91 Å². The Morgan fingerprint density at radius 1 is 1.35 bits per heavy atom. The number of hydrogen-bond acceptors (Lipinski definition) is 5. The highest BCUT2D eigenvalue weighted by atomic mass is 32.1. The fourth-order valence-corrected chi connectivity index (χ4v) is 2.97. The number of rotatable bonds is 5. The molecule has 1 aromatic carbocycles. The van der Waals surface area contributed by atoms with Crippen molar-refractivity contribution in [1.82, 2.24) is 20.1 Å². The van der Waals surface area contributed by atoms with Gasteiger partial charge in [-0.25, -0.2) is 4.98 Å². The van der Waals surface area contributed by atoms with Gasteiger partial charge in [-0.3, -0.25) is 9.48 Å². The summed E-state index contributed by atoms with van der Waals surface area (Å²) >= 11 is 1.60. The summed E-state index contributed by atoms with van der Waals surface area (Å²) in [7, 11) is 1.70. The van der Waals surface area contributed by atoms with Gasteiger partial charge in [-0.05, 0) is 0 Å². The minimum Gasteiger partial charge on any atom is -0.383 e. The summed E-state index contributed by atoms with van der Waals surface area (Å²) in [4.78, 5) is 16.6. The highest BCUT2D eigenvalue weighted by Crippen LogP contribution is 2.21. The molecule has 23 heavy (non-hydrogen) atoms. The zero-order valence-corrected chi connectivity index (χ0v) is 13.5. The maximum Gasteiger partial charge on any atom is 0.256 e. The number of aryl methyl sites for hydroxylation is 1. The summed E-state index contributed by atoms with van der Waals surface area (Å²) in [5, 5.41) is 9.83. The minimum absolute atomic E-state index is 0.213. The Kier molecular flexibility index (Phi) is 4.38. The van der Waals surface area contributed by atoms with E-state index in [0.717, 1.165) is 16.3 Å². The number of hydrogen-bond donors (Lipinski definition) is 2. The number of nitrogens with one attached hydrogen (secondary N) is 1. The number of nitrogen functional groups attached to an aromatic ring is 1. The second-order valence-electron chi connectivity index (χ2n) is 5.07. The number of carbonyl (C=O) groups excluding carboxylic acids is 1. The maximum absolute atomic E-state index is 12.0. The molecule has 118 valence electrons. The van der Waals surface area contributed by atoms with Crippen molar-refractivity contribution < 1.29 is 4.79 Å². The molecule has 0 saturated carbocycles. The van der Waals surface area contributed by atoms with E-state index in [1.807, 2.05) is 35.7 Å². The number of nitrogens with two attached hydrogens (primary N) is 1. The molecular weight excluding hydrogens is 310 g/mol. The molecule has 6 nitrogen and oxygen atoms in total. The molecule has 0 aliphatic carbocycles. The summed E-state index contributed by atoms with van der Waals surface area (Å²) in [5.41, 5.74) is 8.25. The van der Waals surface area contributed by atoms with Gasteiger partial charge in [0.2, 0.25) is 0 Å².